The molecule has 2 aliphatic rings. The van der Waals surface area contributed by atoms with Crippen molar-refractivity contribution in [3.63, 3.8) is 0 Å². The summed E-state index contributed by atoms with van der Waals surface area (Å²) in [4.78, 5) is 0. The minimum absolute atomic E-state index is 0.0106. The largest absolute Gasteiger partial charge is 0.491 e. The zero-order valence-electron chi connectivity index (χ0n) is 17.4. The molecule has 0 spiro atoms. The molecule has 29 heavy (non-hydrogen) atoms. The molecule has 0 N–H and O–H groups in total. The first-order chi connectivity index (χ1) is 13.8. The molecule has 3 rings (SSSR count). The summed E-state index contributed by atoms with van der Waals surface area (Å²) in [5.74, 6) is -0.781. The Morgan fingerprint density at radius 1 is 1.03 bits per heavy atom. The number of benzene rings is 1. The number of hydrogen-bond acceptors (Lipinski definition) is 2. The van der Waals surface area contributed by atoms with Gasteiger partial charge in [-0.3, -0.25) is 0 Å². The van der Waals surface area contributed by atoms with Crippen LogP contribution in [0, 0.1) is 17.7 Å². The van der Waals surface area contributed by atoms with Gasteiger partial charge in [-0.2, -0.15) is 13.2 Å². The molecule has 2 fully saturated rings. The lowest BCUT2D eigenvalue weighted by Gasteiger charge is -2.38. The van der Waals surface area contributed by atoms with Gasteiger partial charge in [0.1, 0.15) is 0 Å². The number of rotatable bonds is 6. The first kappa shape index (κ1) is 22.4. The average Bonchev–Trinajstić information content (AvgIpc) is 2.69. The number of alkyl halides is 3. The molecule has 1 aromatic rings. The van der Waals surface area contributed by atoms with Crippen LogP contribution in [0.4, 0.5) is 17.6 Å². The fraction of sp³-hybridized carbons (Fsp3) is 0.739. The molecule has 0 aromatic heterocycles. The van der Waals surface area contributed by atoms with Gasteiger partial charge in [-0.1, -0.05) is 38.7 Å². The molecule has 0 bridgehead atoms. The first-order valence-electron chi connectivity index (χ1n) is 11.0. The van der Waals surface area contributed by atoms with E-state index in [0.717, 1.165) is 25.2 Å². The Kier molecular flexibility index (Phi) is 7.47. The summed E-state index contributed by atoms with van der Waals surface area (Å²) in [7, 11) is 0. The molecule has 1 saturated carbocycles. The van der Waals surface area contributed by atoms with E-state index in [2.05, 4.69) is 6.92 Å². The predicted octanol–water partition coefficient (Wildman–Crippen LogP) is 7.11. The molecule has 0 radical (unpaired) electrons. The van der Waals surface area contributed by atoms with Crippen molar-refractivity contribution in [3.8, 4) is 5.75 Å². The monoisotopic (exact) mass is 416 g/mol. The molecule has 164 valence electrons. The average molecular weight is 416 g/mol. The summed E-state index contributed by atoms with van der Waals surface area (Å²) in [5.41, 5.74) is -1.21. The van der Waals surface area contributed by atoms with Crippen LogP contribution in [0.1, 0.15) is 82.3 Å². The van der Waals surface area contributed by atoms with Crippen molar-refractivity contribution >= 4 is 0 Å². The summed E-state index contributed by atoms with van der Waals surface area (Å²) in [6.45, 7) is 4.17. The van der Waals surface area contributed by atoms with Gasteiger partial charge in [0.05, 0.1) is 24.9 Å². The van der Waals surface area contributed by atoms with Crippen LogP contribution in [0.25, 0.3) is 0 Å². The number of hydrogen-bond donors (Lipinski definition) is 0. The highest BCUT2D eigenvalue weighted by atomic mass is 19.4. The van der Waals surface area contributed by atoms with Crippen molar-refractivity contribution < 1.29 is 27.0 Å². The standard InChI is InChI=1S/C23H32F4O2/c1-3-5-15-6-8-16(9-7-15)19-12-10-17(14-29-19)18-11-13-20(28-4-2)22(24)21(18)23(25,26)27/h11,13,15-17,19H,3-10,12,14H2,1-2H3. The maximum Gasteiger partial charge on any atom is 0.419 e. The zero-order chi connectivity index (χ0) is 21.0. The van der Waals surface area contributed by atoms with Gasteiger partial charge in [-0.25, -0.2) is 4.39 Å². The highest BCUT2D eigenvalue weighted by Gasteiger charge is 2.41. The molecule has 1 saturated heterocycles. The van der Waals surface area contributed by atoms with Gasteiger partial charge in [0.15, 0.2) is 11.6 Å². The van der Waals surface area contributed by atoms with Gasteiger partial charge in [-0.15, -0.1) is 0 Å². The van der Waals surface area contributed by atoms with E-state index < -0.39 is 23.5 Å². The minimum atomic E-state index is -4.76. The van der Waals surface area contributed by atoms with E-state index in [4.69, 9.17) is 9.47 Å². The third kappa shape index (κ3) is 5.25. The minimum Gasteiger partial charge on any atom is -0.491 e. The maximum absolute atomic E-state index is 14.6. The smallest absolute Gasteiger partial charge is 0.419 e. The summed E-state index contributed by atoms with van der Waals surface area (Å²) in [5, 5.41) is 0. The highest BCUT2D eigenvalue weighted by Crippen LogP contribution is 2.44. The van der Waals surface area contributed by atoms with Gasteiger partial charge < -0.3 is 9.47 Å². The molecule has 6 heteroatoms. The fourth-order valence-corrected chi connectivity index (χ4v) is 5.11. The second-order valence-corrected chi connectivity index (χ2v) is 8.49. The molecule has 2 nitrogen and oxygen atoms in total. The van der Waals surface area contributed by atoms with Crippen molar-refractivity contribution in [3.05, 3.63) is 29.1 Å². The lowest BCUT2D eigenvalue weighted by Crippen LogP contribution is -2.34. The van der Waals surface area contributed by atoms with E-state index in [0.29, 0.717) is 12.3 Å². The summed E-state index contributed by atoms with van der Waals surface area (Å²) < 4.78 is 66.5. The van der Waals surface area contributed by atoms with Crippen molar-refractivity contribution in [1.82, 2.24) is 0 Å². The second-order valence-electron chi connectivity index (χ2n) is 8.49. The number of ether oxygens (including phenoxy) is 2. The van der Waals surface area contributed by atoms with E-state index in [1.54, 1.807) is 6.92 Å². The molecule has 1 aliphatic carbocycles. The topological polar surface area (TPSA) is 18.5 Å². The lowest BCUT2D eigenvalue weighted by molar-refractivity contribution is -0.141. The summed E-state index contributed by atoms with van der Waals surface area (Å²) >= 11 is 0. The van der Waals surface area contributed by atoms with Gasteiger partial charge in [-0.05, 0) is 56.1 Å². The fourth-order valence-electron chi connectivity index (χ4n) is 5.11. The van der Waals surface area contributed by atoms with E-state index in [1.807, 2.05) is 0 Å². The quantitative estimate of drug-likeness (QED) is 0.460. The van der Waals surface area contributed by atoms with Crippen LogP contribution in [-0.2, 0) is 10.9 Å². The van der Waals surface area contributed by atoms with E-state index >= 15 is 0 Å². The Hall–Kier alpha value is -1.30. The molecular formula is C23H32F4O2. The zero-order valence-corrected chi connectivity index (χ0v) is 17.4. The first-order valence-corrected chi connectivity index (χ1v) is 11.0. The van der Waals surface area contributed by atoms with Crippen LogP contribution in [-0.4, -0.2) is 19.3 Å². The Labute approximate surface area is 171 Å². The Bertz CT molecular complexity index is 658. The van der Waals surface area contributed by atoms with Crippen LogP contribution in [0.2, 0.25) is 0 Å². The highest BCUT2D eigenvalue weighted by molar-refractivity contribution is 5.41. The Morgan fingerprint density at radius 3 is 2.31 bits per heavy atom. The van der Waals surface area contributed by atoms with Crippen LogP contribution >= 0.6 is 0 Å². The molecule has 0 amide bonds. The predicted molar refractivity (Wildman–Crippen MR) is 105 cm³/mol. The third-order valence-electron chi connectivity index (χ3n) is 6.59. The third-order valence-corrected chi connectivity index (χ3v) is 6.59. The molecule has 2 atom stereocenters. The van der Waals surface area contributed by atoms with Gasteiger partial charge in [0.2, 0.25) is 0 Å². The SMILES string of the molecule is CCCC1CCC(C2CCC(c3ccc(OCC)c(F)c3C(F)(F)F)CO2)CC1. The van der Waals surface area contributed by atoms with Crippen LogP contribution in [0.5, 0.6) is 5.75 Å². The van der Waals surface area contributed by atoms with Crippen molar-refractivity contribution in [2.24, 2.45) is 11.8 Å². The van der Waals surface area contributed by atoms with Crippen molar-refractivity contribution in [2.45, 2.75) is 83.4 Å². The van der Waals surface area contributed by atoms with Crippen molar-refractivity contribution in [1.29, 1.82) is 0 Å². The van der Waals surface area contributed by atoms with E-state index in [1.165, 1.54) is 37.8 Å². The second kappa shape index (κ2) is 9.67. The number of halogens is 4. The summed E-state index contributed by atoms with van der Waals surface area (Å²) in [6.07, 6.45) is 3.93. The van der Waals surface area contributed by atoms with Crippen LogP contribution < -0.4 is 4.74 Å². The molecule has 2 unspecified atom stereocenters. The maximum atomic E-state index is 14.6. The van der Waals surface area contributed by atoms with E-state index in [-0.39, 0.29) is 30.6 Å². The Balaban J connectivity index is 1.67. The molecule has 1 aromatic carbocycles. The molecule has 1 aliphatic heterocycles. The van der Waals surface area contributed by atoms with Crippen LogP contribution in [0.3, 0.4) is 0 Å². The van der Waals surface area contributed by atoms with Crippen molar-refractivity contribution in [2.75, 3.05) is 13.2 Å². The normalized spacial score (nSPS) is 28.3. The Morgan fingerprint density at radius 2 is 1.76 bits per heavy atom. The lowest BCUT2D eigenvalue weighted by atomic mass is 9.75. The van der Waals surface area contributed by atoms with Gasteiger partial charge in [0.25, 0.3) is 0 Å². The molecule has 1 heterocycles. The van der Waals surface area contributed by atoms with E-state index in [9.17, 15) is 17.6 Å². The summed E-state index contributed by atoms with van der Waals surface area (Å²) in [6, 6.07) is 2.67. The molecular weight excluding hydrogens is 384 g/mol. The van der Waals surface area contributed by atoms with Crippen LogP contribution in [0.15, 0.2) is 12.1 Å². The van der Waals surface area contributed by atoms with Gasteiger partial charge >= 0.3 is 6.18 Å². The van der Waals surface area contributed by atoms with Gasteiger partial charge in [0, 0.05) is 5.92 Å².